The minimum atomic E-state index is -0.213. The molecule has 122 valence electrons. The van der Waals surface area contributed by atoms with Crippen LogP contribution in [0.3, 0.4) is 0 Å². The van der Waals surface area contributed by atoms with E-state index in [1.165, 1.54) is 11.3 Å². The monoisotopic (exact) mass is 341 g/mol. The number of hydrogen-bond donors (Lipinski definition) is 1. The van der Waals surface area contributed by atoms with Crippen LogP contribution in [0.15, 0.2) is 40.1 Å². The lowest BCUT2D eigenvalue weighted by Crippen LogP contribution is -2.11. The Morgan fingerprint density at radius 3 is 3.00 bits per heavy atom. The average Bonchev–Trinajstić information content (AvgIpc) is 3.17. The molecule has 0 unspecified atom stereocenters. The number of benzene rings is 1. The summed E-state index contributed by atoms with van der Waals surface area (Å²) in [6.45, 7) is 0. The molecule has 24 heavy (non-hydrogen) atoms. The van der Waals surface area contributed by atoms with E-state index in [4.69, 9.17) is 9.15 Å². The van der Waals surface area contributed by atoms with E-state index in [0.717, 1.165) is 17.7 Å². The summed E-state index contributed by atoms with van der Waals surface area (Å²) in [5, 5.41) is 13.0. The predicted molar refractivity (Wildman–Crippen MR) is 90.5 cm³/mol. The summed E-state index contributed by atoms with van der Waals surface area (Å²) >= 11 is 1.46. The maximum Gasteiger partial charge on any atom is 0.259 e. The molecule has 7 heteroatoms. The van der Waals surface area contributed by atoms with E-state index >= 15 is 0 Å². The van der Waals surface area contributed by atoms with E-state index in [-0.39, 0.29) is 5.91 Å². The number of thiophene rings is 1. The molecule has 0 atom stereocenters. The van der Waals surface area contributed by atoms with Crippen molar-refractivity contribution in [3.63, 3.8) is 0 Å². The molecule has 1 fully saturated rings. The molecule has 1 N–H and O–H groups in total. The molecule has 0 aliphatic heterocycles. The minimum absolute atomic E-state index is 0.213. The second kappa shape index (κ2) is 6.09. The first kappa shape index (κ1) is 14.9. The van der Waals surface area contributed by atoms with Crippen molar-refractivity contribution in [1.29, 1.82) is 0 Å². The highest BCUT2D eigenvalue weighted by atomic mass is 32.1. The summed E-state index contributed by atoms with van der Waals surface area (Å²) in [7, 11) is 1.57. The standard InChI is InChI=1S/C17H15N3O3S/c1-22-12-4-2-3-11(9-12)15(21)18-13-7-8-24-14(13)17-20-19-16(23-17)10-5-6-10/h2-4,7-10H,5-6H2,1H3,(H,18,21). The molecule has 0 spiro atoms. The fraction of sp³-hybridized carbons (Fsp3) is 0.235. The molecule has 1 aliphatic rings. The van der Waals surface area contributed by atoms with Gasteiger partial charge in [-0.25, -0.2) is 0 Å². The van der Waals surface area contributed by atoms with Gasteiger partial charge in [-0.1, -0.05) is 6.07 Å². The molecule has 0 saturated heterocycles. The Labute approximate surface area is 142 Å². The summed E-state index contributed by atoms with van der Waals surface area (Å²) in [5.74, 6) is 1.96. The number of carbonyl (C=O) groups is 1. The van der Waals surface area contributed by atoms with Crippen LogP contribution in [-0.2, 0) is 0 Å². The third-order valence-electron chi connectivity index (χ3n) is 3.81. The van der Waals surface area contributed by atoms with E-state index in [1.54, 1.807) is 31.4 Å². The summed E-state index contributed by atoms with van der Waals surface area (Å²) in [5.41, 5.74) is 1.19. The summed E-state index contributed by atoms with van der Waals surface area (Å²) in [4.78, 5) is 13.2. The highest BCUT2D eigenvalue weighted by molar-refractivity contribution is 7.14. The first-order valence-corrected chi connectivity index (χ1v) is 8.49. The van der Waals surface area contributed by atoms with Crippen molar-refractivity contribution in [2.24, 2.45) is 0 Å². The molecular formula is C17H15N3O3S. The molecule has 0 radical (unpaired) electrons. The molecule has 3 aromatic rings. The van der Waals surface area contributed by atoms with Crippen LogP contribution >= 0.6 is 11.3 Å². The van der Waals surface area contributed by atoms with Gasteiger partial charge < -0.3 is 14.5 Å². The minimum Gasteiger partial charge on any atom is -0.497 e. The number of amides is 1. The van der Waals surface area contributed by atoms with E-state index in [1.807, 2.05) is 11.4 Å². The zero-order valence-corrected chi connectivity index (χ0v) is 13.8. The number of carbonyl (C=O) groups excluding carboxylic acids is 1. The number of nitrogens with zero attached hydrogens (tertiary/aromatic N) is 2. The molecule has 2 heterocycles. The van der Waals surface area contributed by atoms with Crippen LogP contribution in [0.4, 0.5) is 5.69 Å². The summed E-state index contributed by atoms with van der Waals surface area (Å²) in [6, 6.07) is 8.84. The number of anilines is 1. The van der Waals surface area contributed by atoms with Gasteiger partial charge in [0.1, 0.15) is 10.6 Å². The Morgan fingerprint density at radius 2 is 2.21 bits per heavy atom. The number of ether oxygens (including phenoxy) is 1. The molecule has 1 saturated carbocycles. The van der Waals surface area contributed by atoms with Gasteiger partial charge in [0.2, 0.25) is 5.89 Å². The second-order valence-corrected chi connectivity index (χ2v) is 6.49. The molecular weight excluding hydrogens is 326 g/mol. The number of aromatic nitrogens is 2. The second-order valence-electron chi connectivity index (χ2n) is 5.57. The topological polar surface area (TPSA) is 77.2 Å². The normalized spacial score (nSPS) is 13.7. The molecule has 0 bridgehead atoms. The van der Waals surface area contributed by atoms with Crippen LogP contribution in [0.1, 0.15) is 35.0 Å². The van der Waals surface area contributed by atoms with Gasteiger partial charge in [0.05, 0.1) is 12.8 Å². The molecule has 6 nitrogen and oxygen atoms in total. The van der Waals surface area contributed by atoms with Gasteiger partial charge in [0.15, 0.2) is 0 Å². The lowest BCUT2D eigenvalue weighted by atomic mass is 10.2. The van der Waals surface area contributed by atoms with Gasteiger partial charge in [-0.3, -0.25) is 4.79 Å². The van der Waals surface area contributed by atoms with Crippen molar-refractivity contribution < 1.29 is 13.9 Å². The number of methoxy groups -OCH3 is 1. The summed E-state index contributed by atoms with van der Waals surface area (Å²) < 4.78 is 10.9. The molecule has 2 aromatic heterocycles. The summed E-state index contributed by atoms with van der Waals surface area (Å²) in [6.07, 6.45) is 2.21. The van der Waals surface area contributed by atoms with Crippen molar-refractivity contribution >= 4 is 22.9 Å². The Kier molecular flexibility index (Phi) is 3.78. The van der Waals surface area contributed by atoms with Crippen molar-refractivity contribution in [3.8, 4) is 16.5 Å². The molecule has 4 rings (SSSR count). The number of rotatable bonds is 5. The Bertz CT molecular complexity index is 883. The highest BCUT2D eigenvalue weighted by Gasteiger charge is 2.30. The molecule has 1 amide bonds. The number of hydrogen-bond acceptors (Lipinski definition) is 6. The van der Waals surface area contributed by atoms with Crippen molar-refractivity contribution in [1.82, 2.24) is 10.2 Å². The Morgan fingerprint density at radius 1 is 1.33 bits per heavy atom. The van der Waals surface area contributed by atoms with Crippen LogP contribution in [0.5, 0.6) is 5.75 Å². The first-order valence-electron chi connectivity index (χ1n) is 7.61. The fourth-order valence-corrected chi connectivity index (χ4v) is 3.12. The third-order valence-corrected chi connectivity index (χ3v) is 4.71. The maximum absolute atomic E-state index is 12.5. The van der Waals surface area contributed by atoms with Crippen LogP contribution < -0.4 is 10.1 Å². The van der Waals surface area contributed by atoms with Gasteiger partial charge in [-0.15, -0.1) is 21.5 Å². The third kappa shape index (κ3) is 2.90. The smallest absolute Gasteiger partial charge is 0.259 e. The van der Waals surface area contributed by atoms with Gasteiger partial charge in [0, 0.05) is 11.5 Å². The van der Waals surface area contributed by atoms with Gasteiger partial charge >= 0.3 is 0 Å². The predicted octanol–water partition coefficient (Wildman–Crippen LogP) is 3.94. The quantitative estimate of drug-likeness (QED) is 0.760. The van der Waals surface area contributed by atoms with Crippen LogP contribution in [0.25, 0.3) is 10.8 Å². The Hall–Kier alpha value is -2.67. The van der Waals surface area contributed by atoms with Crippen LogP contribution in [-0.4, -0.2) is 23.2 Å². The van der Waals surface area contributed by atoms with E-state index in [9.17, 15) is 4.79 Å². The van der Waals surface area contributed by atoms with Gasteiger partial charge in [-0.2, -0.15) is 0 Å². The van der Waals surface area contributed by atoms with Crippen molar-refractivity contribution in [2.75, 3.05) is 12.4 Å². The maximum atomic E-state index is 12.5. The van der Waals surface area contributed by atoms with Crippen molar-refractivity contribution in [2.45, 2.75) is 18.8 Å². The van der Waals surface area contributed by atoms with Crippen molar-refractivity contribution in [3.05, 3.63) is 47.2 Å². The lowest BCUT2D eigenvalue weighted by molar-refractivity contribution is 0.102. The fourth-order valence-electron chi connectivity index (χ4n) is 2.35. The van der Waals surface area contributed by atoms with E-state index in [0.29, 0.717) is 34.7 Å². The lowest BCUT2D eigenvalue weighted by Gasteiger charge is -2.06. The van der Waals surface area contributed by atoms with Gasteiger partial charge in [-0.05, 0) is 42.5 Å². The Balaban J connectivity index is 1.56. The average molecular weight is 341 g/mol. The van der Waals surface area contributed by atoms with Crippen LogP contribution in [0.2, 0.25) is 0 Å². The highest BCUT2D eigenvalue weighted by Crippen LogP contribution is 2.41. The zero-order valence-electron chi connectivity index (χ0n) is 13.0. The SMILES string of the molecule is COc1cccc(C(=O)Nc2ccsc2-c2nnc(C3CC3)o2)c1. The molecule has 1 aliphatic carbocycles. The van der Waals surface area contributed by atoms with E-state index in [2.05, 4.69) is 15.5 Å². The first-order chi connectivity index (χ1) is 11.7. The zero-order chi connectivity index (χ0) is 16.5. The van der Waals surface area contributed by atoms with E-state index < -0.39 is 0 Å². The van der Waals surface area contributed by atoms with Gasteiger partial charge in [0.25, 0.3) is 11.8 Å². The number of nitrogens with one attached hydrogen (secondary N) is 1. The largest absolute Gasteiger partial charge is 0.497 e. The molecule has 1 aromatic carbocycles. The van der Waals surface area contributed by atoms with Crippen LogP contribution in [0, 0.1) is 0 Å².